The number of hydrogen-bond acceptors (Lipinski definition) is 3. The van der Waals surface area contributed by atoms with Crippen molar-refractivity contribution < 1.29 is 4.79 Å². The van der Waals surface area contributed by atoms with Gasteiger partial charge in [-0.25, -0.2) is 9.78 Å². The maximum Gasteiger partial charge on any atom is 0.328 e. The van der Waals surface area contributed by atoms with Crippen LogP contribution in [0.1, 0.15) is 19.8 Å². The summed E-state index contributed by atoms with van der Waals surface area (Å²) >= 11 is 0. The molecule has 3 rings (SSSR count). The first-order chi connectivity index (χ1) is 9.14. The Morgan fingerprint density at radius 2 is 2.16 bits per heavy atom. The second-order valence-corrected chi connectivity index (χ2v) is 5.28. The molecular weight excluding hydrogens is 244 g/mol. The van der Waals surface area contributed by atoms with Gasteiger partial charge in [0.2, 0.25) is 6.41 Å². The van der Waals surface area contributed by atoms with Gasteiger partial charge >= 0.3 is 5.69 Å². The van der Waals surface area contributed by atoms with E-state index in [1.807, 2.05) is 6.07 Å². The number of rotatable bonds is 2. The number of aromatic amines is 1. The number of pyridine rings is 1. The molecule has 0 aliphatic carbocycles. The summed E-state index contributed by atoms with van der Waals surface area (Å²) in [6.45, 7) is 3.40. The molecule has 1 aliphatic heterocycles. The van der Waals surface area contributed by atoms with Gasteiger partial charge in [0.15, 0.2) is 5.65 Å². The molecule has 0 saturated carbocycles. The smallest absolute Gasteiger partial charge is 0.328 e. The minimum absolute atomic E-state index is 0.129. The van der Waals surface area contributed by atoms with Gasteiger partial charge in [-0.05, 0) is 31.9 Å². The van der Waals surface area contributed by atoms with E-state index in [1.54, 1.807) is 21.7 Å². The number of carbonyl (C=O) groups is 1. The highest BCUT2D eigenvalue weighted by atomic mass is 16.1. The molecule has 0 aromatic carbocycles. The third kappa shape index (κ3) is 1.83. The monoisotopic (exact) mass is 260 g/mol. The van der Waals surface area contributed by atoms with E-state index in [-0.39, 0.29) is 11.2 Å². The Morgan fingerprint density at radius 3 is 2.84 bits per heavy atom. The van der Waals surface area contributed by atoms with Crippen molar-refractivity contribution in [2.75, 3.05) is 13.1 Å². The Kier molecular flexibility index (Phi) is 2.66. The fourth-order valence-corrected chi connectivity index (χ4v) is 2.78. The standard InChI is InChI=1S/C13H16N4O2/c1-13(4-7-16(9-18)8-5-13)17-11-10(15-12(17)19)3-2-6-14-11/h2-3,6,9H,4-5,7-8H2,1H3,(H,15,19). The van der Waals surface area contributed by atoms with E-state index in [0.29, 0.717) is 18.7 Å². The normalized spacial score (nSPS) is 18.7. The van der Waals surface area contributed by atoms with Crippen molar-refractivity contribution in [3.8, 4) is 0 Å². The predicted molar refractivity (Wildman–Crippen MR) is 70.9 cm³/mol. The predicted octanol–water partition coefficient (Wildman–Crippen LogP) is 0.692. The van der Waals surface area contributed by atoms with Gasteiger partial charge < -0.3 is 9.88 Å². The van der Waals surface area contributed by atoms with Crippen molar-refractivity contribution in [3.63, 3.8) is 0 Å². The molecule has 1 fully saturated rings. The number of fused-ring (bicyclic) bond motifs is 1. The zero-order valence-corrected chi connectivity index (χ0v) is 10.8. The Labute approximate surface area is 110 Å². The molecule has 1 N–H and O–H groups in total. The number of piperidine rings is 1. The number of aromatic nitrogens is 3. The van der Waals surface area contributed by atoms with Crippen LogP contribution in [0.4, 0.5) is 0 Å². The van der Waals surface area contributed by atoms with Gasteiger partial charge in [-0.1, -0.05) is 0 Å². The zero-order valence-electron chi connectivity index (χ0n) is 10.8. The molecule has 2 aromatic rings. The van der Waals surface area contributed by atoms with Crippen molar-refractivity contribution in [2.45, 2.75) is 25.3 Å². The van der Waals surface area contributed by atoms with Gasteiger partial charge in [-0.15, -0.1) is 0 Å². The van der Waals surface area contributed by atoms with E-state index in [2.05, 4.69) is 16.9 Å². The SMILES string of the molecule is CC1(n2c(=O)[nH]c3cccnc32)CCN(C=O)CC1. The van der Waals surface area contributed by atoms with Crippen LogP contribution in [0, 0.1) is 0 Å². The third-order valence-electron chi connectivity index (χ3n) is 4.01. The lowest BCUT2D eigenvalue weighted by atomic mass is 9.89. The van der Waals surface area contributed by atoms with Crippen LogP contribution >= 0.6 is 0 Å². The number of nitrogens with zero attached hydrogens (tertiary/aromatic N) is 3. The largest absolute Gasteiger partial charge is 0.345 e. The molecule has 0 bridgehead atoms. The average molecular weight is 260 g/mol. The molecule has 6 heteroatoms. The van der Waals surface area contributed by atoms with Gasteiger partial charge in [0.05, 0.1) is 11.1 Å². The van der Waals surface area contributed by atoms with Crippen LogP contribution in [0.3, 0.4) is 0 Å². The lowest BCUT2D eigenvalue weighted by Gasteiger charge is -2.38. The van der Waals surface area contributed by atoms with Crippen molar-refractivity contribution in [2.24, 2.45) is 0 Å². The summed E-state index contributed by atoms with van der Waals surface area (Å²) in [5.41, 5.74) is 1.03. The summed E-state index contributed by atoms with van der Waals surface area (Å²) in [7, 11) is 0. The van der Waals surface area contributed by atoms with Gasteiger partial charge in [0, 0.05) is 19.3 Å². The molecule has 1 aliphatic rings. The molecule has 0 radical (unpaired) electrons. The Hall–Kier alpha value is -2.11. The third-order valence-corrected chi connectivity index (χ3v) is 4.01. The maximum atomic E-state index is 12.2. The molecule has 19 heavy (non-hydrogen) atoms. The molecule has 1 saturated heterocycles. The average Bonchev–Trinajstić information content (AvgIpc) is 2.76. The molecule has 1 amide bonds. The number of H-pyrrole nitrogens is 1. The van der Waals surface area contributed by atoms with Gasteiger partial charge in [-0.2, -0.15) is 0 Å². The van der Waals surface area contributed by atoms with Gasteiger partial charge in [-0.3, -0.25) is 9.36 Å². The number of nitrogens with one attached hydrogen (secondary N) is 1. The zero-order chi connectivity index (χ0) is 13.5. The maximum absolute atomic E-state index is 12.2. The minimum atomic E-state index is -0.288. The van der Waals surface area contributed by atoms with E-state index in [9.17, 15) is 9.59 Å². The van der Waals surface area contributed by atoms with Crippen molar-refractivity contribution in [1.82, 2.24) is 19.4 Å². The Bertz CT molecular complexity index is 665. The van der Waals surface area contributed by atoms with E-state index in [4.69, 9.17) is 0 Å². The first-order valence-electron chi connectivity index (χ1n) is 6.40. The number of hydrogen-bond donors (Lipinski definition) is 1. The second kappa shape index (κ2) is 4.22. The summed E-state index contributed by atoms with van der Waals surface area (Å²) < 4.78 is 1.74. The number of amides is 1. The van der Waals surface area contributed by atoms with Crippen molar-refractivity contribution >= 4 is 17.6 Å². The van der Waals surface area contributed by atoms with E-state index in [0.717, 1.165) is 24.8 Å². The molecule has 100 valence electrons. The van der Waals surface area contributed by atoms with E-state index >= 15 is 0 Å². The van der Waals surface area contributed by atoms with Crippen LogP contribution in [0.5, 0.6) is 0 Å². The number of likely N-dealkylation sites (tertiary alicyclic amines) is 1. The van der Waals surface area contributed by atoms with Crippen molar-refractivity contribution in [1.29, 1.82) is 0 Å². The lowest BCUT2D eigenvalue weighted by molar-refractivity contribution is -0.119. The van der Waals surface area contributed by atoms with Crippen LogP contribution in [-0.2, 0) is 10.3 Å². The second-order valence-electron chi connectivity index (χ2n) is 5.28. The first kappa shape index (κ1) is 12.0. The van der Waals surface area contributed by atoms with Crippen LogP contribution in [-0.4, -0.2) is 38.9 Å². The van der Waals surface area contributed by atoms with E-state index in [1.165, 1.54) is 0 Å². The summed E-state index contributed by atoms with van der Waals surface area (Å²) in [5.74, 6) is 0. The summed E-state index contributed by atoms with van der Waals surface area (Å²) in [6, 6.07) is 3.66. The molecule has 0 unspecified atom stereocenters. The molecule has 0 atom stereocenters. The van der Waals surface area contributed by atoms with Crippen LogP contribution in [0.2, 0.25) is 0 Å². The number of carbonyl (C=O) groups excluding carboxylic acids is 1. The van der Waals surface area contributed by atoms with Crippen LogP contribution in [0.25, 0.3) is 11.2 Å². The molecule has 3 heterocycles. The Balaban J connectivity index is 2.07. The quantitative estimate of drug-likeness (QED) is 0.808. The van der Waals surface area contributed by atoms with E-state index < -0.39 is 0 Å². The van der Waals surface area contributed by atoms with Gasteiger partial charge in [0.25, 0.3) is 0 Å². The summed E-state index contributed by atoms with van der Waals surface area (Å²) in [4.78, 5) is 31.8. The first-order valence-corrected chi connectivity index (χ1v) is 6.40. The fraction of sp³-hybridized carbons (Fsp3) is 0.462. The lowest BCUT2D eigenvalue weighted by Crippen LogP contribution is -2.47. The molecule has 6 nitrogen and oxygen atoms in total. The highest BCUT2D eigenvalue weighted by molar-refractivity contribution is 5.70. The molecule has 2 aromatic heterocycles. The van der Waals surface area contributed by atoms with Crippen LogP contribution in [0.15, 0.2) is 23.1 Å². The van der Waals surface area contributed by atoms with Gasteiger partial charge in [0.1, 0.15) is 0 Å². The molecule has 0 spiro atoms. The fourth-order valence-electron chi connectivity index (χ4n) is 2.78. The highest BCUT2D eigenvalue weighted by Gasteiger charge is 2.34. The summed E-state index contributed by atoms with van der Waals surface area (Å²) in [5, 5.41) is 0. The molecular formula is C13H16N4O2. The number of imidazole rings is 1. The topological polar surface area (TPSA) is 71.0 Å². The van der Waals surface area contributed by atoms with Crippen molar-refractivity contribution in [3.05, 3.63) is 28.8 Å². The van der Waals surface area contributed by atoms with Crippen LogP contribution < -0.4 is 5.69 Å². The highest BCUT2D eigenvalue weighted by Crippen LogP contribution is 2.30. The summed E-state index contributed by atoms with van der Waals surface area (Å²) in [6.07, 6.45) is 4.08. The Morgan fingerprint density at radius 1 is 1.42 bits per heavy atom. The minimum Gasteiger partial charge on any atom is -0.345 e.